The Labute approximate surface area is 102 Å². The number of benzene rings is 1. The Hall–Kier alpha value is -1.51. The van der Waals surface area contributed by atoms with Crippen molar-refractivity contribution in [2.45, 2.75) is 44.8 Å². The van der Waals surface area contributed by atoms with Gasteiger partial charge in [-0.2, -0.15) is 0 Å². The number of carbonyl (C=O) groups excluding carboxylic acids is 1. The van der Waals surface area contributed by atoms with E-state index in [4.69, 9.17) is 4.74 Å². The van der Waals surface area contributed by atoms with Gasteiger partial charge in [-0.25, -0.2) is 4.79 Å². The summed E-state index contributed by atoms with van der Waals surface area (Å²) in [4.78, 5) is 11.8. The van der Waals surface area contributed by atoms with Crippen molar-refractivity contribution in [2.24, 2.45) is 0 Å². The summed E-state index contributed by atoms with van der Waals surface area (Å²) in [6.45, 7) is 1.84. The Balaban J connectivity index is 1.82. The van der Waals surface area contributed by atoms with Gasteiger partial charge in [-0.3, -0.25) is 0 Å². The van der Waals surface area contributed by atoms with Gasteiger partial charge in [0, 0.05) is 5.69 Å². The van der Waals surface area contributed by atoms with Crippen molar-refractivity contribution in [3.8, 4) is 0 Å². The first-order valence-electron chi connectivity index (χ1n) is 6.28. The summed E-state index contributed by atoms with van der Waals surface area (Å²) in [5.74, 6) is -0.152. The summed E-state index contributed by atoms with van der Waals surface area (Å²) in [5, 5.41) is 3.14. The van der Waals surface area contributed by atoms with Crippen LogP contribution in [-0.4, -0.2) is 18.1 Å². The molecule has 0 radical (unpaired) electrons. The molecule has 0 amide bonds. The van der Waals surface area contributed by atoms with Crippen molar-refractivity contribution in [2.75, 3.05) is 5.32 Å². The largest absolute Gasteiger partial charge is 0.461 e. The molecule has 1 N–H and O–H groups in total. The maximum Gasteiger partial charge on any atom is 0.328 e. The van der Waals surface area contributed by atoms with E-state index < -0.39 is 0 Å². The Kier molecular flexibility index (Phi) is 4.02. The van der Waals surface area contributed by atoms with Gasteiger partial charge in [0.05, 0.1) is 0 Å². The molecule has 0 heterocycles. The molecule has 0 bridgehead atoms. The van der Waals surface area contributed by atoms with E-state index >= 15 is 0 Å². The second-order valence-electron chi connectivity index (χ2n) is 4.58. The highest BCUT2D eigenvalue weighted by molar-refractivity contribution is 5.78. The van der Waals surface area contributed by atoms with E-state index in [1.54, 1.807) is 0 Å². The van der Waals surface area contributed by atoms with Gasteiger partial charge < -0.3 is 10.1 Å². The Morgan fingerprint density at radius 2 is 1.94 bits per heavy atom. The predicted molar refractivity (Wildman–Crippen MR) is 67.9 cm³/mol. The predicted octanol–water partition coefficient (Wildman–Crippen LogP) is 2.97. The highest BCUT2D eigenvalue weighted by Crippen LogP contribution is 2.21. The van der Waals surface area contributed by atoms with E-state index in [0.717, 1.165) is 18.5 Å². The van der Waals surface area contributed by atoms with Crippen LogP contribution >= 0.6 is 0 Å². The molecule has 0 aliphatic heterocycles. The van der Waals surface area contributed by atoms with Gasteiger partial charge in [0.2, 0.25) is 0 Å². The molecule has 17 heavy (non-hydrogen) atoms. The lowest BCUT2D eigenvalue weighted by molar-refractivity contribution is -0.149. The molecule has 0 saturated heterocycles. The lowest BCUT2D eigenvalue weighted by Crippen LogP contribution is -2.30. The average molecular weight is 233 g/mol. The smallest absolute Gasteiger partial charge is 0.328 e. The topological polar surface area (TPSA) is 38.3 Å². The molecule has 3 heteroatoms. The first-order valence-corrected chi connectivity index (χ1v) is 6.28. The van der Waals surface area contributed by atoms with E-state index in [9.17, 15) is 4.79 Å². The lowest BCUT2D eigenvalue weighted by atomic mass is 10.2. The van der Waals surface area contributed by atoms with Crippen LogP contribution in [0.1, 0.15) is 32.6 Å². The van der Waals surface area contributed by atoms with Crippen LogP contribution < -0.4 is 5.32 Å². The van der Waals surface area contributed by atoms with Crippen molar-refractivity contribution >= 4 is 11.7 Å². The second-order valence-corrected chi connectivity index (χ2v) is 4.58. The molecule has 0 aromatic heterocycles. The molecular formula is C14H19NO2. The first-order chi connectivity index (χ1) is 8.25. The molecule has 1 saturated carbocycles. The third-order valence-electron chi connectivity index (χ3n) is 3.10. The van der Waals surface area contributed by atoms with Gasteiger partial charge in [-0.15, -0.1) is 0 Å². The fourth-order valence-electron chi connectivity index (χ4n) is 2.12. The van der Waals surface area contributed by atoms with Gasteiger partial charge in [-0.1, -0.05) is 18.2 Å². The molecule has 1 aliphatic carbocycles. The number of nitrogens with one attached hydrogen (secondary N) is 1. The second kappa shape index (κ2) is 5.71. The molecule has 0 spiro atoms. The zero-order chi connectivity index (χ0) is 12.1. The molecule has 2 rings (SSSR count). The van der Waals surface area contributed by atoms with Gasteiger partial charge in [-0.05, 0) is 44.7 Å². The van der Waals surface area contributed by atoms with Crippen molar-refractivity contribution in [3.63, 3.8) is 0 Å². The minimum absolute atomic E-state index is 0.141. The van der Waals surface area contributed by atoms with Crippen LogP contribution in [0.3, 0.4) is 0 Å². The summed E-state index contributed by atoms with van der Waals surface area (Å²) >= 11 is 0. The van der Waals surface area contributed by atoms with Crippen molar-refractivity contribution in [1.82, 2.24) is 0 Å². The fraction of sp³-hybridized carbons (Fsp3) is 0.500. The van der Waals surface area contributed by atoms with Gasteiger partial charge in [0.1, 0.15) is 12.1 Å². The zero-order valence-corrected chi connectivity index (χ0v) is 10.2. The zero-order valence-electron chi connectivity index (χ0n) is 10.2. The number of esters is 1. The van der Waals surface area contributed by atoms with E-state index in [0.29, 0.717) is 0 Å². The van der Waals surface area contributed by atoms with E-state index in [1.165, 1.54) is 12.8 Å². The van der Waals surface area contributed by atoms with Crippen LogP contribution in [0.2, 0.25) is 0 Å². The number of ether oxygens (including phenoxy) is 1. The van der Waals surface area contributed by atoms with Crippen LogP contribution in [0.5, 0.6) is 0 Å². The molecule has 1 fully saturated rings. The molecule has 3 nitrogen and oxygen atoms in total. The number of carbonyl (C=O) groups is 1. The van der Waals surface area contributed by atoms with Crippen molar-refractivity contribution in [3.05, 3.63) is 30.3 Å². The van der Waals surface area contributed by atoms with Gasteiger partial charge in [0.25, 0.3) is 0 Å². The van der Waals surface area contributed by atoms with Crippen molar-refractivity contribution < 1.29 is 9.53 Å². The highest BCUT2D eigenvalue weighted by atomic mass is 16.5. The minimum Gasteiger partial charge on any atom is -0.461 e. The fourth-order valence-corrected chi connectivity index (χ4v) is 2.12. The van der Waals surface area contributed by atoms with E-state index in [2.05, 4.69) is 5.32 Å². The van der Waals surface area contributed by atoms with Gasteiger partial charge >= 0.3 is 5.97 Å². The van der Waals surface area contributed by atoms with Gasteiger partial charge in [0.15, 0.2) is 0 Å². The quantitative estimate of drug-likeness (QED) is 0.812. The molecular weight excluding hydrogens is 214 g/mol. The normalized spacial score (nSPS) is 17.7. The molecule has 1 aromatic rings. The standard InChI is InChI=1S/C14H19NO2/c1-11(15-12-7-3-2-4-8-12)14(16)17-13-9-5-6-10-13/h2-4,7-8,11,13,15H,5-6,9-10H2,1H3/t11-/m0/s1. The number of hydrogen-bond donors (Lipinski definition) is 1. The van der Waals surface area contributed by atoms with Crippen LogP contribution in [0.15, 0.2) is 30.3 Å². The maximum absolute atomic E-state index is 11.8. The minimum atomic E-state index is -0.294. The summed E-state index contributed by atoms with van der Waals surface area (Å²) in [7, 11) is 0. The molecule has 1 atom stereocenters. The number of rotatable bonds is 4. The molecule has 92 valence electrons. The lowest BCUT2D eigenvalue weighted by Gasteiger charge is -2.17. The average Bonchev–Trinajstić information content (AvgIpc) is 2.83. The number of hydrogen-bond acceptors (Lipinski definition) is 3. The maximum atomic E-state index is 11.8. The van der Waals surface area contributed by atoms with E-state index in [-0.39, 0.29) is 18.1 Å². The summed E-state index contributed by atoms with van der Waals surface area (Å²) in [6, 6.07) is 9.43. The Morgan fingerprint density at radius 3 is 2.59 bits per heavy atom. The summed E-state index contributed by atoms with van der Waals surface area (Å²) < 4.78 is 5.44. The van der Waals surface area contributed by atoms with Crippen LogP contribution in [-0.2, 0) is 9.53 Å². The van der Waals surface area contributed by atoms with E-state index in [1.807, 2.05) is 37.3 Å². The molecule has 1 aromatic carbocycles. The number of para-hydroxylation sites is 1. The van der Waals surface area contributed by atoms with Crippen LogP contribution in [0.4, 0.5) is 5.69 Å². The number of anilines is 1. The Morgan fingerprint density at radius 1 is 1.29 bits per heavy atom. The molecule has 0 unspecified atom stereocenters. The monoisotopic (exact) mass is 233 g/mol. The molecule has 1 aliphatic rings. The Bertz CT molecular complexity index is 358. The first kappa shape index (κ1) is 12.0. The third-order valence-corrected chi connectivity index (χ3v) is 3.10. The van der Waals surface area contributed by atoms with Crippen LogP contribution in [0.25, 0.3) is 0 Å². The summed E-state index contributed by atoms with van der Waals surface area (Å²) in [5.41, 5.74) is 0.948. The summed E-state index contributed by atoms with van der Waals surface area (Å²) in [6.07, 6.45) is 4.53. The van der Waals surface area contributed by atoms with Crippen LogP contribution in [0, 0.1) is 0 Å². The SMILES string of the molecule is C[C@H](Nc1ccccc1)C(=O)OC1CCCC1. The third kappa shape index (κ3) is 3.48. The van der Waals surface area contributed by atoms with Crippen molar-refractivity contribution in [1.29, 1.82) is 0 Å². The highest BCUT2D eigenvalue weighted by Gasteiger charge is 2.22.